The van der Waals surface area contributed by atoms with Crippen LogP contribution >= 0.6 is 0 Å². The molecule has 0 spiro atoms. The van der Waals surface area contributed by atoms with Crippen LogP contribution in [0.1, 0.15) is 27.7 Å². The van der Waals surface area contributed by atoms with Gasteiger partial charge in [0.15, 0.2) is 0 Å². The Morgan fingerprint density at radius 3 is 2.50 bits per heavy atom. The number of benzene rings is 1. The van der Waals surface area contributed by atoms with Crippen molar-refractivity contribution >= 4 is 11.5 Å². The van der Waals surface area contributed by atoms with Gasteiger partial charge in [0.2, 0.25) is 0 Å². The van der Waals surface area contributed by atoms with E-state index in [2.05, 4.69) is 4.99 Å². The summed E-state index contributed by atoms with van der Waals surface area (Å²) in [5.41, 5.74) is 6.61. The lowest BCUT2D eigenvalue weighted by Crippen LogP contribution is -2.28. The van der Waals surface area contributed by atoms with E-state index >= 15 is 0 Å². The lowest BCUT2D eigenvalue weighted by Gasteiger charge is -2.17. The number of nitrogens with two attached hydrogens (primary N) is 1. The van der Waals surface area contributed by atoms with Gasteiger partial charge < -0.3 is 10.5 Å². The topological polar surface area (TPSA) is 47.6 Å². The maximum absolute atomic E-state index is 5.94. The summed E-state index contributed by atoms with van der Waals surface area (Å²) >= 11 is 0. The minimum Gasteiger partial charge on any atom is -0.492 e. The van der Waals surface area contributed by atoms with Crippen molar-refractivity contribution in [2.24, 2.45) is 16.1 Å². The van der Waals surface area contributed by atoms with Gasteiger partial charge in [-0.3, -0.25) is 0 Å². The number of ether oxygens (including phenoxy) is 1. The maximum atomic E-state index is 5.94. The Morgan fingerprint density at radius 2 is 1.94 bits per heavy atom. The zero-order valence-electron chi connectivity index (χ0n) is 10.4. The van der Waals surface area contributed by atoms with Crippen LogP contribution in [-0.4, -0.2) is 12.4 Å². The monoisotopic (exact) mass is 220 g/mol. The van der Waals surface area contributed by atoms with Crippen LogP contribution in [-0.2, 0) is 0 Å². The van der Waals surface area contributed by atoms with Crippen LogP contribution in [0.15, 0.2) is 29.3 Å². The van der Waals surface area contributed by atoms with Crippen molar-refractivity contribution in [3.63, 3.8) is 0 Å². The summed E-state index contributed by atoms with van der Waals surface area (Å²) in [6.07, 6.45) is 0. The van der Waals surface area contributed by atoms with Crippen LogP contribution in [0.4, 0.5) is 5.69 Å². The average Bonchev–Trinajstić information content (AvgIpc) is 2.20. The molecule has 0 fully saturated rings. The van der Waals surface area contributed by atoms with Gasteiger partial charge in [0, 0.05) is 5.41 Å². The molecule has 0 aliphatic rings. The van der Waals surface area contributed by atoms with Gasteiger partial charge in [-0.25, -0.2) is 4.99 Å². The normalized spacial score (nSPS) is 12.6. The molecule has 0 saturated carbocycles. The van der Waals surface area contributed by atoms with Gasteiger partial charge in [-0.1, -0.05) is 32.9 Å². The van der Waals surface area contributed by atoms with Crippen molar-refractivity contribution in [2.75, 3.05) is 6.61 Å². The molecular formula is C13H20N2O. The van der Waals surface area contributed by atoms with Crippen molar-refractivity contribution in [3.8, 4) is 5.75 Å². The highest BCUT2D eigenvalue weighted by Gasteiger charge is 2.16. The summed E-state index contributed by atoms with van der Waals surface area (Å²) in [7, 11) is 0. The molecule has 2 N–H and O–H groups in total. The molecule has 0 aromatic heterocycles. The van der Waals surface area contributed by atoms with Crippen molar-refractivity contribution in [3.05, 3.63) is 24.3 Å². The van der Waals surface area contributed by atoms with Crippen molar-refractivity contribution in [1.29, 1.82) is 0 Å². The zero-order valence-corrected chi connectivity index (χ0v) is 10.4. The van der Waals surface area contributed by atoms with Gasteiger partial charge in [-0.05, 0) is 19.1 Å². The van der Waals surface area contributed by atoms with Crippen molar-refractivity contribution in [1.82, 2.24) is 0 Å². The molecule has 0 radical (unpaired) electrons. The summed E-state index contributed by atoms with van der Waals surface area (Å²) in [5, 5.41) is 0. The number of amidine groups is 1. The Bertz CT molecular complexity index is 378. The molecule has 1 aromatic rings. The average molecular weight is 220 g/mol. The molecule has 0 amide bonds. The SMILES string of the molecule is CCOc1ccccc1N=C(N)C(C)(C)C. The van der Waals surface area contributed by atoms with E-state index in [0.29, 0.717) is 12.4 Å². The standard InChI is InChI=1S/C13H20N2O/c1-5-16-11-9-7-6-8-10(11)15-12(14)13(2,3)4/h6-9H,5H2,1-4H3,(H2,14,15). The number of nitrogens with zero attached hydrogens (tertiary/aromatic N) is 1. The fourth-order valence-electron chi connectivity index (χ4n) is 1.12. The first-order valence-electron chi connectivity index (χ1n) is 5.51. The third-order valence-electron chi connectivity index (χ3n) is 2.17. The molecule has 0 aliphatic carbocycles. The predicted molar refractivity (Wildman–Crippen MR) is 68.3 cm³/mol. The second-order valence-electron chi connectivity index (χ2n) is 4.65. The molecule has 0 bridgehead atoms. The van der Waals surface area contributed by atoms with E-state index in [9.17, 15) is 0 Å². The van der Waals surface area contributed by atoms with E-state index in [4.69, 9.17) is 10.5 Å². The van der Waals surface area contributed by atoms with Crippen LogP contribution in [0.3, 0.4) is 0 Å². The molecule has 1 rings (SSSR count). The molecule has 3 nitrogen and oxygen atoms in total. The fourth-order valence-corrected chi connectivity index (χ4v) is 1.12. The minimum absolute atomic E-state index is 0.126. The van der Waals surface area contributed by atoms with Gasteiger partial charge in [-0.2, -0.15) is 0 Å². The van der Waals surface area contributed by atoms with Crippen molar-refractivity contribution in [2.45, 2.75) is 27.7 Å². The fraction of sp³-hybridized carbons (Fsp3) is 0.462. The molecule has 16 heavy (non-hydrogen) atoms. The smallest absolute Gasteiger partial charge is 0.144 e. The highest BCUT2D eigenvalue weighted by Crippen LogP contribution is 2.28. The highest BCUT2D eigenvalue weighted by molar-refractivity contribution is 5.88. The van der Waals surface area contributed by atoms with Crippen LogP contribution in [0.2, 0.25) is 0 Å². The Kier molecular flexibility index (Phi) is 3.93. The van der Waals surface area contributed by atoms with Gasteiger partial charge in [0.05, 0.1) is 6.61 Å². The first-order valence-corrected chi connectivity index (χ1v) is 5.51. The molecule has 0 unspecified atom stereocenters. The number of hydrogen-bond donors (Lipinski definition) is 1. The van der Waals surface area contributed by atoms with Gasteiger partial charge >= 0.3 is 0 Å². The van der Waals surface area contributed by atoms with Gasteiger partial charge in [0.1, 0.15) is 17.3 Å². The number of aliphatic imine (C=N–C) groups is 1. The molecular weight excluding hydrogens is 200 g/mol. The summed E-state index contributed by atoms with van der Waals surface area (Å²) < 4.78 is 5.49. The number of hydrogen-bond acceptors (Lipinski definition) is 2. The van der Waals surface area contributed by atoms with Crippen LogP contribution in [0.5, 0.6) is 5.75 Å². The van der Waals surface area contributed by atoms with Crippen LogP contribution in [0, 0.1) is 5.41 Å². The lowest BCUT2D eigenvalue weighted by molar-refractivity contribution is 0.341. The van der Waals surface area contributed by atoms with Gasteiger partial charge in [-0.15, -0.1) is 0 Å². The Labute approximate surface area is 97.3 Å². The van der Waals surface area contributed by atoms with E-state index in [0.717, 1.165) is 11.4 Å². The molecule has 1 aromatic carbocycles. The Balaban J connectivity index is 3.05. The predicted octanol–water partition coefficient (Wildman–Crippen LogP) is 3.12. The highest BCUT2D eigenvalue weighted by atomic mass is 16.5. The zero-order chi connectivity index (χ0) is 12.2. The summed E-state index contributed by atoms with van der Waals surface area (Å²) in [6.45, 7) is 8.69. The Hall–Kier alpha value is -1.51. The van der Waals surface area contributed by atoms with Crippen LogP contribution < -0.4 is 10.5 Å². The second kappa shape index (κ2) is 5.01. The number of rotatable bonds is 3. The quantitative estimate of drug-likeness (QED) is 0.628. The molecule has 0 saturated heterocycles. The maximum Gasteiger partial charge on any atom is 0.144 e. The van der Waals surface area contributed by atoms with E-state index in [1.54, 1.807) is 0 Å². The summed E-state index contributed by atoms with van der Waals surface area (Å²) in [6, 6.07) is 7.66. The molecule has 0 atom stereocenters. The first kappa shape index (κ1) is 12.6. The largest absolute Gasteiger partial charge is 0.492 e. The van der Waals surface area contributed by atoms with E-state index in [-0.39, 0.29) is 5.41 Å². The minimum atomic E-state index is -0.126. The number of para-hydroxylation sites is 2. The molecule has 0 heterocycles. The summed E-state index contributed by atoms with van der Waals surface area (Å²) in [4.78, 5) is 4.42. The Morgan fingerprint density at radius 1 is 1.31 bits per heavy atom. The molecule has 88 valence electrons. The van der Waals surface area contributed by atoms with E-state index in [1.807, 2.05) is 52.0 Å². The molecule has 3 heteroatoms. The van der Waals surface area contributed by atoms with E-state index < -0.39 is 0 Å². The van der Waals surface area contributed by atoms with Crippen molar-refractivity contribution < 1.29 is 4.74 Å². The first-order chi connectivity index (χ1) is 7.45. The third-order valence-corrected chi connectivity index (χ3v) is 2.17. The lowest BCUT2D eigenvalue weighted by atomic mass is 9.95. The van der Waals surface area contributed by atoms with Crippen LogP contribution in [0.25, 0.3) is 0 Å². The second-order valence-corrected chi connectivity index (χ2v) is 4.65. The van der Waals surface area contributed by atoms with E-state index in [1.165, 1.54) is 0 Å². The third kappa shape index (κ3) is 3.26. The van der Waals surface area contributed by atoms with Gasteiger partial charge in [0.25, 0.3) is 0 Å². The molecule has 0 aliphatic heterocycles. The summed E-state index contributed by atoms with van der Waals surface area (Å²) in [5.74, 6) is 1.39.